The van der Waals surface area contributed by atoms with Crippen molar-refractivity contribution in [1.82, 2.24) is 20.2 Å². The van der Waals surface area contributed by atoms with Crippen LogP contribution < -0.4 is 5.32 Å². The molecule has 0 atom stereocenters. The monoisotopic (exact) mass is 191 g/mol. The van der Waals surface area contributed by atoms with Crippen molar-refractivity contribution in [3.8, 4) is 0 Å². The van der Waals surface area contributed by atoms with E-state index < -0.39 is 0 Å². The second kappa shape index (κ2) is 3.93. The maximum Gasteiger partial charge on any atom is 0.245 e. The third-order valence-electron chi connectivity index (χ3n) is 1.63. The number of pyridine rings is 1. The number of nitrogens with zero attached hydrogens (tertiary/aromatic N) is 4. The summed E-state index contributed by atoms with van der Waals surface area (Å²) in [5.74, 6) is 0.450. The standard InChI is InChI=1S/C8H9N5O/c1-14-5-10-8-11-6-2-3-9-4-7(6)12-13-8/h2-4H,5H2,1H3,(H,10,11,13). The Labute approximate surface area is 80.4 Å². The van der Waals surface area contributed by atoms with Gasteiger partial charge in [-0.3, -0.25) is 4.98 Å². The molecule has 0 saturated carbocycles. The average molecular weight is 191 g/mol. The number of nitrogens with one attached hydrogen (secondary N) is 1. The Morgan fingerprint density at radius 2 is 2.29 bits per heavy atom. The SMILES string of the molecule is COCNc1nnc2cnccc2n1. The summed E-state index contributed by atoms with van der Waals surface area (Å²) in [6.07, 6.45) is 3.28. The van der Waals surface area contributed by atoms with E-state index in [1.54, 1.807) is 25.6 Å². The van der Waals surface area contributed by atoms with E-state index in [-0.39, 0.29) is 0 Å². The van der Waals surface area contributed by atoms with Crippen molar-refractivity contribution >= 4 is 17.0 Å². The third kappa shape index (κ3) is 1.74. The average Bonchev–Trinajstić information content (AvgIpc) is 2.26. The summed E-state index contributed by atoms with van der Waals surface area (Å²) in [6, 6.07) is 1.78. The van der Waals surface area contributed by atoms with E-state index in [1.165, 1.54) is 0 Å². The van der Waals surface area contributed by atoms with Crippen LogP contribution in [0.2, 0.25) is 0 Å². The fraction of sp³-hybridized carbons (Fsp3) is 0.250. The number of aromatic nitrogens is 4. The first kappa shape index (κ1) is 8.76. The van der Waals surface area contributed by atoms with Crippen molar-refractivity contribution in [2.75, 3.05) is 19.2 Å². The Hall–Kier alpha value is -1.82. The van der Waals surface area contributed by atoms with Gasteiger partial charge in [0.2, 0.25) is 5.95 Å². The van der Waals surface area contributed by atoms with Gasteiger partial charge in [-0.15, -0.1) is 10.2 Å². The van der Waals surface area contributed by atoms with Gasteiger partial charge in [0.15, 0.2) is 0 Å². The van der Waals surface area contributed by atoms with Gasteiger partial charge in [-0.25, -0.2) is 4.98 Å². The minimum atomic E-state index is 0.359. The van der Waals surface area contributed by atoms with Crippen LogP contribution in [0.5, 0.6) is 0 Å². The molecule has 2 heterocycles. The van der Waals surface area contributed by atoms with Gasteiger partial charge >= 0.3 is 0 Å². The molecule has 0 bridgehead atoms. The molecule has 2 aromatic rings. The van der Waals surface area contributed by atoms with Crippen molar-refractivity contribution in [1.29, 1.82) is 0 Å². The molecule has 6 nitrogen and oxygen atoms in total. The quantitative estimate of drug-likeness (QED) is 0.709. The van der Waals surface area contributed by atoms with Gasteiger partial charge < -0.3 is 10.1 Å². The number of fused-ring (bicyclic) bond motifs is 1. The Kier molecular flexibility index (Phi) is 2.46. The van der Waals surface area contributed by atoms with E-state index in [2.05, 4.69) is 25.5 Å². The highest BCUT2D eigenvalue weighted by molar-refractivity contribution is 5.72. The van der Waals surface area contributed by atoms with Crippen LogP contribution in [0.25, 0.3) is 11.0 Å². The molecule has 0 spiro atoms. The minimum absolute atomic E-state index is 0.359. The zero-order valence-electron chi connectivity index (χ0n) is 7.64. The lowest BCUT2D eigenvalue weighted by Gasteiger charge is -2.02. The maximum atomic E-state index is 4.83. The Morgan fingerprint density at radius 3 is 3.14 bits per heavy atom. The summed E-state index contributed by atoms with van der Waals surface area (Å²) in [5.41, 5.74) is 1.43. The third-order valence-corrected chi connectivity index (χ3v) is 1.63. The maximum absolute atomic E-state index is 4.83. The molecule has 0 unspecified atom stereocenters. The van der Waals surface area contributed by atoms with E-state index in [0.29, 0.717) is 18.2 Å². The number of methoxy groups -OCH3 is 1. The Balaban J connectivity index is 2.32. The number of anilines is 1. The lowest BCUT2D eigenvalue weighted by molar-refractivity contribution is 0.220. The van der Waals surface area contributed by atoms with Crippen LogP contribution in [-0.2, 0) is 4.74 Å². The largest absolute Gasteiger partial charge is 0.364 e. The Morgan fingerprint density at radius 1 is 1.36 bits per heavy atom. The first-order valence-electron chi connectivity index (χ1n) is 4.07. The highest BCUT2D eigenvalue weighted by Crippen LogP contribution is 2.06. The number of hydrogen-bond acceptors (Lipinski definition) is 6. The van der Waals surface area contributed by atoms with Crippen molar-refractivity contribution in [2.24, 2.45) is 0 Å². The summed E-state index contributed by atoms with van der Waals surface area (Å²) < 4.78 is 4.83. The minimum Gasteiger partial charge on any atom is -0.364 e. The molecule has 0 fully saturated rings. The van der Waals surface area contributed by atoms with Gasteiger partial charge in [0.1, 0.15) is 12.2 Å². The summed E-state index contributed by atoms with van der Waals surface area (Å²) in [6.45, 7) is 0.359. The second-order valence-corrected chi connectivity index (χ2v) is 2.61. The fourth-order valence-electron chi connectivity index (χ4n) is 1.000. The first-order valence-corrected chi connectivity index (χ1v) is 4.07. The molecule has 0 aliphatic heterocycles. The Bertz CT molecular complexity index is 433. The molecule has 72 valence electrons. The van der Waals surface area contributed by atoms with Gasteiger partial charge in [-0.05, 0) is 6.07 Å². The highest BCUT2D eigenvalue weighted by atomic mass is 16.5. The molecule has 1 N–H and O–H groups in total. The van der Waals surface area contributed by atoms with Crippen LogP contribution in [0.4, 0.5) is 5.95 Å². The number of hydrogen-bond donors (Lipinski definition) is 1. The van der Waals surface area contributed by atoms with Crippen LogP contribution in [0.3, 0.4) is 0 Å². The molecule has 14 heavy (non-hydrogen) atoms. The van der Waals surface area contributed by atoms with E-state index in [4.69, 9.17) is 4.74 Å². The first-order chi connectivity index (χ1) is 6.90. The van der Waals surface area contributed by atoms with Crippen LogP contribution in [0.15, 0.2) is 18.5 Å². The predicted molar refractivity (Wildman–Crippen MR) is 50.6 cm³/mol. The molecule has 0 aliphatic carbocycles. The molecule has 2 rings (SSSR count). The van der Waals surface area contributed by atoms with Crippen LogP contribution >= 0.6 is 0 Å². The fourth-order valence-corrected chi connectivity index (χ4v) is 1.000. The van der Waals surface area contributed by atoms with Crippen LogP contribution in [0.1, 0.15) is 0 Å². The van der Waals surface area contributed by atoms with E-state index in [1.807, 2.05) is 0 Å². The molecule has 0 radical (unpaired) electrons. The molecular formula is C8H9N5O. The summed E-state index contributed by atoms with van der Waals surface area (Å²) in [4.78, 5) is 8.13. The molecule has 2 aromatic heterocycles. The highest BCUT2D eigenvalue weighted by Gasteiger charge is 1.99. The second-order valence-electron chi connectivity index (χ2n) is 2.61. The van der Waals surface area contributed by atoms with E-state index >= 15 is 0 Å². The lowest BCUT2D eigenvalue weighted by Crippen LogP contribution is -2.07. The summed E-state index contributed by atoms with van der Waals surface area (Å²) in [5, 5.41) is 10.7. The number of ether oxygens (including phenoxy) is 1. The molecule has 6 heteroatoms. The zero-order valence-corrected chi connectivity index (χ0v) is 7.64. The molecule has 0 aromatic carbocycles. The van der Waals surface area contributed by atoms with Gasteiger partial charge in [-0.2, -0.15) is 0 Å². The van der Waals surface area contributed by atoms with E-state index in [9.17, 15) is 0 Å². The van der Waals surface area contributed by atoms with E-state index in [0.717, 1.165) is 5.52 Å². The molecule has 0 amide bonds. The van der Waals surface area contributed by atoms with Gasteiger partial charge in [0.25, 0.3) is 0 Å². The smallest absolute Gasteiger partial charge is 0.245 e. The topological polar surface area (TPSA) is 72.8 Å². The molecule has 0 saturated heterocycles. The van der Waals surface area contributed by atoms with Gasteiger partial charge in [0.05, 0.1) is 11.7 Å². The van der Waals surface area contributed by atoms with Crippen molar-refractivity contribution in [3.05, 3.63) is 18.5 Å². The zero-order chi connectivity index (χ0) is 9.80. The van der Waals surface area contributed by atoms with Gasteiger partial charge in [0, 0.05) is 13.3 Å². The van der Waals surface area contributed by atoms with Crippen molar-refractivity contribution in [2.45, 2.75) is 0 Å². The summed E-state index contributed by atoms with van der Waals surface area (Å²) in [7, 11) is 1.59. The normalized spacial score (nSPS) is 10.4. The lowest BCUT2D eigenvalue weighted by atomic mass is 10.4. The van der Waals surface area contributed by atoms with Crippen molar-refractivity contribution in [3.63, 3.8) is 0 Å². The van der Waals surface area contributed by atoms with Crippen molar-refractivity contribution < 1.29 is 4.74 Å². The summed E-state index contributed by atoms with van der Waals surface area (Å²) >= 11 is 0. The van der Waals surface area contributed by atoms with Crippen LogP contribution in [-0.4, -0.2) is 34.0 Å². The predicted octanol–water partition coefficient (Wildman–Crippen LogP) is 0.436. The van der Waals surface area contributed by atoms with Crippen LogP contribution in [0, 0.1) is 0 Å². The molecular weight excluding hydrogens is 182 g/mol. The van der Waals surface area contributed by atoms with Gasteiger partial charge in [-0.1, -0.05) is 0 Å². The molecule has 0 aliphatic rings. The number of rotatable bonds is 3.